The van der Waals surface area contributed by atoms with E-state index in [0.717, 1.165) is 74.7 Å². The van der Waals surface area contributed by atoms with E-state index in [1.165, 1.54) is 72.4 Å². The van der Waals surface area contributed by atoms with Crippen LogP contribution in [0.2, 0.25) is 0 Å². The van der Waals surface area contributed by atoms with Gasteiger partial charge >= 0.3 is 0 Å². The number of phenolic OH excluding ortho intramolecular Hbond substituents is 1. The van der Waals surface area contributed by atoms with Crippen LogP contribution in [0.5, 0.6) is 5.75 Å². The van der Waals surface area contributed by atoms with Crippen LogP contribution >= 0.6 is 0 Å². The van der Waals surface area contributed by atoms with Crippen LogP contribution in [0.3, 0.4) is 0 Å². The fraction of sp³-hybridized carbons (Fsp3) is 0.429. The number of phenols is 1. The van der Waals surface area contributed by atoms with Crippen molar-refractivity contribution in [2.45, 2.75) is 75.8 Å². The molecule has 1 unspecified atom stereocenters. The van der Waals surface area contributed by atoms with Crippen LogP contribution < -0.4 is 10.2 Å². The molecule has 3 fully saturated rings. The monoisotopic (exact) mass is 763 g/mol. The van der Waals surface area contributed by atoms with E-state index in [2.05, 4.69) is 99.4 Å². The summed E-state index contributed by atoms with van der Waals surface area (Å²) in [6, 6.07) is 32.2. The lowest BCUT2D eigenvalue weighted by Gasteiger charge is -2.39. The number of benzene rings is 4. The highest BCUT2D eigenvalue weighted by Crippen LogP contribution is 2.47. The van der Waals surface area contributed by atoms with E-state index in [9.17, 15) is 14.7 Å². The fourth-order valence-corrected chi connectivity index (χ4v) is 10.5. The van der Waals surface area contributed by atoms with Crippen LogP contribution in [0.1, 0.15) is 94.1 Å². The van der Waals surface area contributed by atoms with Crippen LogP contribution in [0, 0.1) is 5.92 Å². The normalized spacial score (nSPS) is 23.4. The van der Waals surface area contributed by atoms with Gasteiger partial charge in [-0.1, -0.05) is 67.2 Å². The predicted molar refractivity (Wildman–Crippen MR) is 227 cm³/mol. The quantitative estimate of drug-likeness (QED) is 0.175. The molecule has 4 aromatic rings. The minimum atomic E-state index is -0.420. The molecular formula is C49H57N5O3. The number of carbonyl (C=O) groups excluding carboxylic acids is 2. The third-order valence-electron chi connectivity index (χ3n) is 13.7. The highest BCUT2D eigenvalue weighted by atomic mass is 16.3. The summed E-state index contributed by atoms with van der Waals surface area (Å²) in [6.07, 6.45) is 8.28. The number of allylic oxidation sites excluding steroid dienone is 1. The summed E-state index contributed by atoms with van der Waals surface area (Å²) < 4.78 is 0. The second-order valence-corrected chi connectivity index (χ2v) is 17.3. The van der Waals surface area contributed by atoms with Gasteiger partial charge in [-0.05, 0) is 147 Å². The van der Waals surface area contributed by atoms with Crippen molar-refractivity contribution in [2.75, 3.05) is 57.3 Å². The molecule has 3 atom stereocenters. The van der Waals surface area contributed by atoms with Gasteiger partial charge < -0.3 is 25.1 Å². The Morgan fingerprint density at radius 1 is 0.737 bits per heavy atom. The molecule has 4 aromatic carbocycles. The van der Waals surface area contributed by atoms with E-state index in [1.54, 1.807) is 4.90 Å². The largest absolute Gasteiger partial charge is 0.508 e. The predicted octanol–water partition coefficient (Wildman–Crippen LogP) is 7.47. The molecule has 8 nitrogen and oxygen atoms in total. The van der Waals surface area contributed by atoms with Gasteiger partial charge in [-0.3, -0.25) is 14.5 Å². The number of nitrogens with one attached hydrogen (secondary N) is 1. The van der Waals surface area contributed by atoms with Crippen LogP contribution in [-0.4, -0.2) is 90.0 Å². The van der Waals surface area contributed by atoms with E-state index >= 15 is 0 Å². The number of rotatable bonds is 10. The van der Waals surface area contributed by atoms with Gasteiger partial charge in [0.2, 0.25) is 5.91 Å². The molecular weight excluding hydrogens is 707 g/mol. The van der Waals surface area contributed by atoms with Crippen LogP contribution in [0.15, 0.2) is 103 Å². The van der Waals surface area contributed by atoms with Crippen molar-refractivity contribution in [3.63, 3.8) is 0 Å². The van der Waals surface area contributed by atoms with E-state index in [4.69, 9.17) is 0 Å². The van der Waals surface area contributed by atoms with Gasteiger partial charge in [0.05, 0.1) is 0 Å². The SMILES string of the molecule is C=C1CCC(N2Cc3cc(N4CCN(CC5CCN(CCCc6ccc([C@H]7c8ccc(O)cc8CC[C@H]7c7ccccc7)cc6)CC5)CC4)ccc3C2=O)C(=O)N1. The summed E-state index contributed by atoms with van der Waals surface area (Å²) in [4.78, 5) is 35.4. The summed E-state index contributed by atoms with van der Waals surface area (Å²) in [5.41, 5.74) is 10.5. The molecule has 4 heterocycles. The molecule has 3 saturated heterocycles. The molecule has 9 rings (SSSR count). The Morgan fingerprint density at radius 2 is 1.53 bits per heavy atom. The summed E-state index contributed by atoms with van der Waals surface area (Å²) >= 11 is 0. The minimum Gasteiger partial charge on any atom is -0.508 e. The number of fused-ring (bicyclic) bond motifs is 2. The number of hydrogen-bond donors (Lipinski definition) is 2. The Morgan fingerprint density at radius 3 is 2.30 bits per heavy atom. The molecule has 0 bridgehead atoms. The van der Waals surface area contributed by atoms with Crippen molar-refractivity contribution in [3.8, 4) is 5.75 Å². The smallest absolute Gasteiger partial charge is 0.255 e. The average Bonchev–Trinajstić information content (AvgIpc) is 3.56. The molecule has 4 aliphatic heterocycles. The maximum absolute atomic E-state index is 13.2. The summed E-state index contributed by atoms with van der Waals surface area (Å²) in [6.45, 7) is 13.3. The lowest BCUT2D eigenvalue weighted by Crippen LogP contribution is -2.49. The second kappa shape index (κ2) is 16.5. The van der Waals surface area contributed by atoms with Gasteiger partial charge in [0.1, 0.15) is 11.8 Å². The number of carbonyl (C=O) groups is 2. The van der Waals surface area contributed by atoms with Crippen molar-refractivity contribution in [1.82, 2.24) is 20.0 Å². The van der Waals surface area contributed by atoms with Crippen molar-refractivity contribution in [1.29, 1.82) is 0 Å². The van der Waals surface area contributed by atoms with Crippen molar-refractivity contribution >= 4 is 17.5 Å². The topological polar surface area (TPSA) is 79.4 Å². The van der Waals surface area contributed by atoms with E-state index < -0.39 is 6.04 Å². The Kier molecular flexibility index (Phi) is 10.9. The molecule has 5 aliphatic rings. The number of piperazine rings is 1. The number of aromatic hydroxyl groups is 1. The third-order valence-corrected chi connectivity index (χ3v) is 13.7. The van der Waals surface area contributed by atoms with Crippen LogP contribution in [0.4, 0.5) is 5.69 Å². The lowest BCUT2D eigenvalue weighted by atomic mass is 9.69. The maximum atomic E-state index is 13.2. The molecule has 0 radical (unpaired) electrons. The molecule has 0 saturated carbocycles. The van der Waals surface area contributed by atoms with Crippen molar-refractivity contribution in [2.24, 2.45) is 5.92 Å². The first-order valence-electron chi connectivity index (χ1n) is 21.4. The Bertz CT molecular complexity index is 2080. The van der Waals surface area contributed by atoms with Gasteiger partial charge in [-0.2, -0.15) is 0 Å². The molecule has 1 aliphatic carbocycles. The average molecular weight is 764 g/mol. The molecule has 2 N–H and O–H groups in total. The first kappa shape index (κ1) is 37.6. The summed E-state index contributed by atoms with van der Waals surface area (Å²) in [5, 5.41) is 13.0. The zero-order chi connectivity index (χ0) is 38.9. The molecule has 2 amide bonds. The Balaban J connectivity index is 0.715. The molecule has 0 aromatic heterocycles. The van der Waals surface area contributed by atoms with Gasteiger partial charge in [0, 0.05) is 62.1 Å². The van der Waals surface area contributed by atoms with Gasteiger partial charge in [0.15, 0.2) is 0 Å². The number of anilines is 1. The highest BCUT2D eigenvalue weighted by Gasteiger charge is 2.38. The Hall–Kier alpha value is -4.92. The number of likely N-dealkylation sites (tertiary alicyclic amines) is 1. The van der Waals surface area contributed by atoms with E-state index in [1.807, 2.05) is 18.2 Å². The molecule has 296 valence electrons. The number of nitrogens with zero attached hydrogens (tertiary/aromatic N) is 4. The Labute approximate surface area is 338 Å². The lowest BCUT2D eigenvalue weighted by molar-refractivity contribution is -0.126. The first-order chi connectivity index (χ1) is 27.9. The molecule has 0 spiro atoms. The highest BCUT2D eigenvalue weighted by molar-refractivity contribution is 6.01. The number of amides is 2. The van der Waals surface area contributed by atoms with Gasteiger partial charge in [0.25, 0.3) is 5.91 Å². The van der Waals surface area contributed by atoms with Gasteiger partial charge in [-0.15, -0.1) is 0 Å². The number of piperidine rings is 2. The standard InChI is InChI=1S/C49H57N5O3/c1-34-9-20-46(48(56)50-34)54-33-40-30-41(15-18-45(40)49(54)57)53-28-26-52(27-29-53)32-36-21-24-51(25-22-36)23-5-6-35-10-12-38(13-11-35)47-43(37-7-3-2-4-8-37)17-14-39-31-42(55)16-19-44(39)47/h2-4,7-8,10-13,15-16,18-19,30-31,36,43,46-47,55H,1,5-6,9,14,17,20-29,32-33H2,(H,50,56)/t43-,46?,47+/m0/s1. The molecule has 8 heteroatoms. The number of hydrogen-bond acceptors (Lipinski definition) is 6. The summed E-state index contributed by atoms with van der Waals surface area (Å²) in [5.74, 6) is 1.70. The minimum absolute atomic E-state index is 0.0341. The third kappa shape index (κ3) is 8.12. The summed E-state index contributed by atoms with van der Waals surface area (Å²) in [7, 11) is 0. The molecule has 57 heavy (non-hydrogen) atoms. The van der Waals surface area contributed by atoms with Crippen molar-refractivity contribution in [3.05, 3.63) is 142 Å². The fourth-order valence-electron chi connectivity index (χ4n) is 10.5. The van der Waals surface area contributed by atoms with Crippen molar-refractivity contribution < 1.29 is 14.7 Å². The first-order valence-corrected chi connectivity index (χ1v) is 21.4. The van der Waals surface area contributed by atoms with E-state index in [-0.39, 0.29) is 11.8 Å². The zero-order valence-corrected chi connectivity index (χ0v) is 33.3. The number of aryl methyl sites for hydroxylation is 2. The van der Waals surface area contributed by atoms with E-state index in [0.29, 0.717) is 37.0 Å². The van der Waals surface area contributed by atoms with Gasteiger partial charge in [-0.25, -0.2) is 0 Å². The van der Waals surface area contributed by atoms with Crippen LogP contribution in [0.25, 0.3) is 0 Å². The maximum Gasteiger partial charge on any atom is 0.255 e. The second-order valence-electron chi connectivity index (χ2n) is 17.3. The zero-order valence-electron chi connectivity index (χ0n) is 33.3. The van der Waals surface area contributed by atoms with Crippen LogP contribution in [-0.2, 0) is 24.2 Å².